The first-order valence-electron chi connectivity index (χ1n) is 6.75. The number of carbonyl (C=O) groups excluding carboxylic acids is 1. The second-order valence-corrected chi connectivity index (χ2v) is 6.60. The summed E-state index contributed by atoms with van der Waals surface area (Å²) in [6.45, 7) is 1.00. The number of phosphoric ester groups is 1. The van der Waals surface area contributed by atoms with E-state index in [1.54, 1.807) is 29.1 Å². The van der Waals surface area contributed by atoms with Gasteiger partial charge in [0.05, 0.1) is 18.3 Å². The van der Waals surface area contributed by atoms with Gasteiger partial charge in [-0.3, -0.25) is 9.36 Å². The lowest BCUT2D eigenvalue weighted by Crippen LogP contribution is -2.45. The molecule has 2 rings (SSSR count). The topological polar surface area (TPSA) is 131 Å². The maximum Gasteiger partial charge on any atom is 0.265 e. The highest BCUT2D eigenvalue weighted by Gasteiger charge is 2.47. The molecule has 1 aromatic rings. The molecule has 0 aromatic carbocycles. The van der Waals surface area contributed by atoms with Crippen molar-refractivity contribution in [1.29, 1.82) is 0 Å². The van der Waals surface area contributed by atoms with Crippen molar-refractivity contribution in [3.63, 3.8) is 0 Å². The highest BCUT2D eigenvalue weighted by Crippen LogP contribution is 2.37. The average molecular weight is 331 g/mol. The van der Waals surface area contributed by atoms with Crippen LogP contribution in [0.3, 0.4) is 0 Å². The second kappa shape index (κ2) is 6.54. The minimum Gasteiger partial charge on any atom is -0.756 e. The van der Waals surface area contributed by atoms with Crippen LogP contribution in [-0.4, -0.2) is 39.7 Å². The third-order valence-electron chi connectivity index (χ3n) is 3.83. The van der Waals surface area contributed by atoms with Crippen molar-refractivity contribution in [2.75, 3.05) is 6.61 Å². The van der Waals surface area contributed by atoms with Crippen LogP contribution in [0.5, 0.6) is 0 Å². The molecule has 122 valence electrons. The first kappa shape index (κ1) is 17.2. The summed E-state index contributed by atoms with van der Waals surface area (Å²) in [5.41, 5.74) is 0.461. The lowest BCUT2D eigenvalue weighted by molar-refractivity contribution is -0.728. The van der Waals surface area contributed by atoms with E-state index in [1.807, 2.05) is 0 Å². The molecule has 8 nitrogen and oxygen atoms in total. The molecule has 1 unspecified atom stereocenters. The zero-order chi connectivity index (χ0) is 16.5. The molecular weight excluding hydrogens is 313 g/mol. The third-order valence-corrected chi connectivity index (χ3v) is 4.31. The number of Topliss-reactive ketones (excluding diaryl/α,β-unsaturated/α-hetero) is 1. The van der Waals surface area contributed by atoms with E-state index >= 15 is 0 Å². The maximum atomic E-state index is 11.4. The Bertz CT molecular complexity index is 602. The van der Waals surface area contributed by atoms with Gasteiger partial charge in [-0.1, -0.05) is 0 Å². The van der Waals surface area contributed by atoms with Crippen LogP contribution < -0.4 is 9.46 Å². The van der Waals surface area contributed by atoms with Crippen molar-refractivity contribution in [2.24, 2.45) is 5.92 Å². The van der Waals surface area contributed by atoms with E-state index in [0.29, 0.717) is 5.56 Å². The molecule has 0 spiro atoms. The third kappa shape index (κ3) is 3.98. The van der Waals surface area contributed by atoms with E-state index in [-0.39, 0.29) is 12.2 Å². The molecule has 1 aliphatic carbocycles. The number of nitrogens with zero attached hydrogens (tertiary/aromatic N) is 1. The smallest absolute Gasteiger partial charge is 0.265 e. The van der Waals surface area contributed by atoms with Gasteiger partial charge < -0.3 is 24.5 Å². The fourth-order valence-electron chi connectivity index (χ4n) is 2.66. The molecule has 1 saturated carbocycles. The molecule has 0 bridgehead atoms. The minimum atomic E-state index is -4.87. The first-order chi connectivity index (χ1) is 10.2. The Hall–Kier alpha value is -1.15. The zero-order valence-electron chi connectivity index (χ0n) is 11.9. The Kier molecular flexibility index (Phi) is 5.11. The van der Waals surface area contributed by atoms with Gasteiger partial charge in [0.25, 0.3) is 7.82 Å². The Morgan fingerprint density at radius 1 is 1.50 bits per heavy atom. The molecule has 1 aromatic heterocycles. The second-order valence-electron chi connectivity index (χ2n) is 5.40. The molecule has 0 radical (unpaired) electrons. The van der Waals surface area contributed by atoms with Crippen LogP contribution in [0.15, 0.2) is 24.5 Å². The van der Waals surface area contributed by atoms with Gasteiger partial charge in [0.15, 0.2) is 24.2 Å². The highest BCUT2D eigenvalue weighted by molar-refractivity contribution is 7.44. The Morgan fingerprint density at radius 3 is 2.77 bits per heavy atom. The first-order valence-corrected chi connectivity index (χ1v) is 8.25. The molecule has 1 fully saturated rings. The van der Waals surface area contributed by atoms with E-state index in [2.05, 4.69) is 4.52 Å². The highest BCUT2D eigenvalue weighted by atomic mass is 31.2. The molecule has 3 N–H and O–H groups in total. The van der Waals surface area contributed by atoms with Gasteiger partial charge in [0.1, 0.15) is 6.10 Å². The van der Waals surface area contributed by atoms with E-state index in [0.717, 1.165) is 0 Å². The van der Waals surface area contributed by atoms with Gasteiger partial charge in [-0.2, -0.15) is 4.57 Å². The molecule has 1 heterocycles. The van der Waals surface area contributed by atoms with Gasteiger partial charge >= 0.3 is 0 Å². The minimum absolute atomic E-state index is 0.130. The van der Waals surface area contributed by atoms with Crippen molar-refractivity contribution >= 4 is 13.6 Å². The number of phosphoric acid groups is 1. The molecule has 9 heteroatoms. The van der Waals surface area contributed by atoms with E-state index in [1.165, 1.54) is 6.92 Å². The summed E-state index contributed by atoms with van der Waals surface area (Å²) in [7, 11) is -4.87. The molecule has 0 saturated heterocycles. The normalized spacial score (nSPS) is 31.0. The van der Waals surface area contributed by atoms with Crippen LogP contribution in [0.2, 0.25) is 0 Å². The van der Waals surface area contributed by atoms with Crippen molar-refractivity contribution < 1.29 is 38.5 Å². The number of hydrogen-bond acceptors (Lipinski definition) is 6. The van der Waals surface area contributed by atoms with Crippen LogP contribution in [-0.2, 0) is 9.09 Å². The van der Waals surface area contributed by atoms with Gasteiger partial charge in [-0.25, -0.2) is 0 Å². The van der Waals surface area contributed by atoms with E-state index < -0.39 is 38.6 Å². The average Bonchev–Trinajstić information content (AvgIpc) is 2.72. The number of hydrogen-bond donors (Lipinski definition) is 3. The fourth-order valence-corrected chi connectivity index (χ4v) is 3.04. The number of aromatic nitrogens is 1. The van der Waals surface area contributed by atoms with Crippen LogP contribution in [0.25, 0.3) is 0 Å². The molecule has 0 amide bonds. The number of aliphatic hydroxyl groups is 2. The van der Waals surface area contributed by atoms with E-state index in [4.69, 9.17) is 4.89 Å². The molecule has 0 aliphatic heterocycles. The van der Waals surface area contributed by atoms with Crippen LogP contribution in [0.4, 0.5) is 0 Å². The lowest BCUT2D eigenvalue weighted by Gasteiger charge is -2.20. The van der Waals surface area contributed by atoms with Gasteiger partial charge in [0, 0.05) is 18.4 Å². The predicted molar refractivity (Wildman–Crippen MR) is 71.6 cm³/mol. The van der Waals surface area contributed by atoms with Gasteiger partial charge in [-0.15, -0.1) is 0 Å². The Labute approximate surface area is 127 Å². The monoisotopic (exact) mass is 331 g/mol. The Balaban J connectivity index is 2.14. The summed E-state index contributed by atoms with van der Waals surface area (Å²) in [4.78, 5) is 30.6. The van der Waals surface area contributed by atoms with Crippen molar-refractivity contribution in [2.45, 2.75) is 31.6 Å². The van der Waals surface area contributed by atoms with Gasteiger partial charge in [-0.05, 0) is 13.0 Å². The fraction of sp³-hybridized carbons (Fsp3) is 0.538. The Morgan fingerprint density at radius 2 is 2.18 bits per heavy atom. The summed E-state index contributed by atoms with van der Waals surface area (Å²) in [5.74, 6) is -0.780. The summed E-state index contributed by atoms with van der Waals surface area (Å²) in [5, 5.41) is 20.1. The molecular formula is C13H18NO7P. The molecule has 5 atom stereocenters. The van der Waals surface area contributed by atoms with Crippen LogP contribution in [0.1, 0.15) is 29.7 Å². The standard InChI is InChI=1S/C13H18NO7P/c1-8(15)9-3-2-4-14(6-9)11-5-10(12(16)13(11)17)7-21-22(18,19)20/h2-4,6,10-13,16-17H,5,7H2,1H3,(H-,18,19,20)/t10-,11-,12-,13+/m1/s1. The van der Waals surface area contributed by atoms with Gasteiger partial charge in [0.2, 0.25) is 0 Å². The maximum absolute atomic E-state index is 11.4. The van der Waals surface area contributed by atoms with Crippen LogP contribution in [0, 0.1) is 5.92 Å². The summed E-state index contributed by atoms with van der Waals surface area (Å²) >= 11 is 0. The number of aliphatic hydroxyl groups excluding tert-OH is 2. The summed E-state index contributed by atoms with van der Waals surface area (Å²) in [6.07, 6.45) is 1.14. The van der Waals surface area contributed by atoms with E-state index in [9.17, 15) is 24.5 Å². The predicted octanol–water partition coefficient (Wildman–Crippen LogP) is -1.06. The summed E-state index contributed by atoms with van der Waals surface area (Å²) in [6, 6.07) is 2.77. The molecule has 22 heavy (non-hydrogen) atoms. The van der Waals surface area contributed by atoms with Crippen molar-refractivity contribution in [1.82, 2.24) is 0 Å². The van der Waals surface area contributed by atoms with Crippen molar-refractivity contribution in [3.05, 3.63) is 30.1 Å². The largest absolute Gasteiger partial charge is 0.756 e. The molecule has 1 aliphatic rings. The number of rotatable bonds is 5. The number of pyridine rings is 1. The SMILES string of the molecule is CC(=O)c1ccc[n+]([C@@H]2C[C@H](COP(=O)([O-])O)[C@@H](O)[C@H]2O)c1. The zero-order valence-corrected chi connectivity index (χ0v) is 12.8. The summed E-state index contributed by atoms with van der Waals surface area (Å²) < 4.78 is 16.5. The quantitative estimate of drug-likeness (QED) is 0.356. The van der Waals surface area contributed by atoms with Crippen molar-refractivity contribution in [3.8, 4) is 0 Å². The lowest BCUT2D eigenvalue weighted by atomic mass is 10.1. The number of ketones is 1. The van der Waals surface area contributed by atoms with Crippen LogP contribution >= 0.6 is 7.82 Å². The number of carbonyl (C=O) groups is 1.